The Balaban J connectivity index is 1.76. The molecule has 0 unspecified atom stereocenters. The maximum Gasteiger partial charge on any atom is 0.410 e. The molecule has 0 bridgehead atoms. The highest BCUT2D eigenvalue weighted by atomic mass is 16.6. The molecule has 7 nitrogen and oxygen atoms in total. The zero-order valence-corrected chi connectivity index (χ0v) is 15.6. The van der Waals surface area contributed by atoms with Crippen molar-refractivity contribution < 1.29 is 14.3 Å². The lowest BCUT2D eigenvalue weighted by Crippen LogP contribution is -2.41. The molecule has 0 aromatic carbocycles. The Morgan fingerprint density at radius 3 is 2.56 bits per heavy atom. The molecule has 7 heteroatoms. The van der Waals surface area contributed by atoms with Gasteiger partial charge in [-0.1, -0.05) is 12.8 Å². The molecule has 0 radical (unpaired) electrons. The van der Waals surface area contributed by atoms with E-state index in [9.17, 15) is 9.59 Å². The van der Waals surface area contributed by atoms with Gasteiger partial charge >= 0.3 is 6.09 Å². The van der Waals surface area contributed by atoms with Crippen LogP contribution in [0.2, 0.25) is 0 Å². The summed E-state index contributed by atoms with van der Waals surface area (Å²) in [5, 5.41) is 7.52. The van der Waals surface area contributed by atoms with Crippen molar-refractivity contribution >= 4 is 12.0 Å². The molecular formula is C18H28N4O3. The lowest BCUT2D eigenvalue weighted by Gasteiger charge is -2.30. The number of amides is 2. The van der Waals surface area contributed by atoms with Crippen LogP contribution in [0.5, 0.6) is 0 Å². The van der Waals surface area contributed by atoms with Crippen LogP contribution >= 0.6 is 0 Å². The summed E-state index contributed by atoms with van der Waals surface area (Å²) in [4.78, 5) is 26.7. The molecule has 138 valence electrons. The molecule has 0 atom stereocenters. The van der Waals surface area contributed by atoms with Gasteiger partial charge in [-0.3, -0.25) is 9.48 Å². The molecule has 3 rings (SSSR count). The van der Waals surface area contributed by atoms with Crippen molar-refractivity contribution in [2.45, 2.75) is 71.1 Å². The van der Waals surface area contributed by atoms with E-state index >= 15 is 0 Å². The Labute approximate surface area is 148 Å². The van der Waals surface area contributed by atoms with Crippen molar-refractivity contribution in [2.75, 3.05) is 6.54 Å². The predicted octanol–water partition coefficient (Wildman–Crippen LogP) is 2.39. The van der Waals surface area contributed by atoms with Crippen LogP contribution in [0.4, 0.5) is 4.79 Å². The number of carbonyl (C=O) groups is 2. The average Bonchev–Trinajstić information content (AvgIpc) is 3.13. The van der Waals surface area contributed by atoms with Crippen molar-refractivity contribution in [2.24, 2.45) is 7.05 Å². The Bertz CT molecular complexity index is 669. The van der Waals surface area contributed by atoms with Crippen LogP contribution in [0.25, 0.3) is 0 Å². The quantitative estimate of drug-likeness (QED) is 0.890. The molecule has 1 aromatic heterocycles. The third-order valence-corrected chi connectivity index (χ3v) is 4.80. The van der Waals surface area contributed by atoms with Crippen molar-refractivity contribution in [1.29, 1.82) is 0 Å². The van der Waals surface area contributed by atoms with Crippen LogP contribution in [0.3, 0.4) is 0 Å². The van der Waals surface area contributed by atoms with E-state index < -0.39 is 5.60 Å². The fraction of sp³-hybridized carbons (Fsp3) is 0.722. The second kappa shape index (κ2) is 6.69. The highest BCUT2D eigenvalue weighted by Crippen LogP contribution is 2.25. The average molecular weight is 348 g/mol. The summed E-state index contributed by atoms with van der Waals surface area (Å²) in [6, 6.07) is 0.246. The minimum absolute atomic E-state index is 0.130. The molecular weight excluding hydrogens is 320 g/mol. The molecule has 0 saturated heterocycles. The van der Waals surface area contributed by atoms with E-state index in [0.29, 0.717) is 25.2 Å². The third-order valence-electron chi connectivity index (χ3n) is 4.80. The van der Waals surface area contributed by atoms with Crippen LogP contribution in [0.15, 0.2) is 0 Å². The number of fused-ring (bicyclic) bond motifs is 1. The molecule has 1 aliphatic carbocycles. The summed E-state index contributed by atoms with van der Waals surface area (Å²) in [5.41, 5.74) is 1.78. The minimum atomic E-state index is -0.533. The molecule has 1 N–H and O–H groups in total. The van der Waals surface area contributed by atoms with Gasteiger partial charge in [-0.05, 0) is 33.6 Å². The van der Waals surface area contributed by atoms with Crippen molar-refractivity contribution in [3.05, 3.63) is 17.0 Å². The summed E-state index contributed by atoms with van der Waals surface area (Å²) >= 11 is 0. The first-order valence-electron chi connectivity index (χ1n) is 9.08. The maximum atomic E-state index is 12.7. The first-order chi connectivity index (χ1) is 11.7. The van der Waals surface area contributed by atoms with Crippen molar-refractivity contribution in [3.8, 4) is 0 Å². The van der Waals surface area contributed by atoms with Gasteiger partial charge in [0.1, 0.15) is 5.60 Å². The lowest BCUT2D eigenvalue weighted by molar-refractivity contribution is 0.0221. The van der Waals surface area contributed by atoms with Gasteiger partial charge in [-0.15, -0.1) is 0 Å². The van der Waals surface area contributed by atoms with E-state index in [1.165, 1.54) is 0 Å². The molecule has 0 spiro atoms. The smallest absolute Gasteiger partial charge is 0.410 e. The summed E-state index contributed by atoms with van der Waals surface area (Å²) < 4.78 is 7.24. The van der Waals surface area contributed by atoms with Crippen LogP contribution in [0.1, 0.15) is 68.2 Å². The first kappa shape index (κ1) is 17.8. The summed E-state index contributed by atoms with van der Waals surface area (Å²) in [6.45, 7) is 6.50. The molecule has 2 amide bonds. The fourth-order valence-electron chi connectivity index (χ4n) is 3.58. The van der Waals surface area contributed by atoms with Gasteiger partial charge in [0.05, 0.1) is 6.54 Å². The molecule has 1 aliphatic heterocycles. The van der Waals surface area contributed by atoms with E-state index in [1.54, 1.807) is 9.58 Å². The van der Waals surface area contributed by atoms with E-state index in [4.69, 9.17) is 4.74 Å². The Morgan fingerprint density at radius 2 is 1.92 bits per heavy atom. The molecule has 1 saturated carbocycles. The number of carbonyl (C=O) groups excluding carboxylic acids is 2. The van der Waals surface area contributed by atoms with Crippen LogP contribution in [0, 0.1) is 0 Å². The van der Waals surface area contributed by atoms with E-state index in [2.05, 4.69) is 10.4 Å². The number of hydrogen-bond donors (Lipinski definition) is 1. The molecule has 1 fully saturated rings. The summed E-state index contributed by atoms with van der Waals surface area (Å²) in [6.07, 6.45) is 4.73. The van der Waals surface area contributed by atoms with Crippen molar-refractivity contribution in [3.63, 3.8) is 0 Å². The van der Waals surface area contributed by atoms with E-state index in [-0.39, 0.29) is 18.0 Å². The van der Waals surface area contributed by atoms with Gasteiger partial charge in [0.15, 0.2) is 5.69 Å². The second-order valence-corrected chi connectivity index (χ2v) is 8.00. The van der Waals surface area contributed by atoms with Crippen LogP contribution in [-0.4, -0.2) is 44.9 Å². The predicted molar refractivity (Wildman–Crippen MR) is 93.3 cm³/mol. The number of hydrogen-bond acceptors (Lipinski definition) is 4. The number of aryl methyl sites for hydroxylation is 1. The Hall–Kier alpha value is -2.05. The fourth-order valence-corrected chi connectivity index (χ4v) is 3.58. The normalized spacial score (nSPS) is 18.2. The lowest BCUT2D eigenvalue weighted by atomic mass is 10.0. The number of nitrogens with one attached hydrogen (secondary N) is 1. The number of nitrogens with zero attached hydrogens (tertiary/aromatic N) is 3. The van der Waals surface area contributed by atoms with Gasteiger partial charge in [-0.2, -0.15) is 5.10 Å². The zero-order chi connectivity index (χ0) is 18.2. The highest BCUT2D eigenvalue weighted by molar-refractivity contribution is 5.94. The largest absolute Gasteiger partial charge is 0.444 e. The zero-order valence-electron chi connectivity index (χ0n) is 15.6. The Kier molecular flexibility index (Phi) is 4.75. The van der Waals surface area contributed by atoms with Crippen LogP contribution < -0.4 is 5.32 Å². The maximum absolute atomic E-state index is 12.7. The van der Waals surface area contributed by atoms with Crippen LogP contribution in [-0.2, 0) is 24.8 Å². The molecule has 25 heavy (non-hydrogen) atoms. The van der Waals surface area contributed by atoms with Gasteiger partial charge in [-0.25, -0.2) is 4.79 Å². The number of aromatic nitrogens is 2. The van der Waals surface area contributed by atoms with Gasteiger partial charge in [0.25, 0.3) is 5.91 Å². The highest BCUT2D eigenvalue weighted by Gasteiger charge is 2.32. The summed E-state index contributed by atoms with van der Waals surface area (Å²) in [7, 11) is 1.86. The Morgan fingerprint density at radius 1 is 1.24 bits per heavy atom. The van der Waals surface area contributed by atoms with Gasteiger partial charge in [0.2, 0.25) is 0 Å². The molecule has 1 aromatic rings. The van der Waals surface area contributed by atoms with E-state index in [1.807, 2.05) is 27.8 Å². The van der Waals surface area contributed by atoms with Gasteiger partial charge < -0.3 is 15.0 Å². The standard InChI is InChI=1S/C18H28N4O3/c1-18(2,3)25-17(24)22-10-9-14-13(11-22)15(20-21(14)4)16(23)19-12-7-5-6-8-12/h12H,5-11H2,1-4H3,(H,19,23). The monoisotopic (exact) mass is 348 g/mol. The first-order valence-corrected chi connectivity index (χ1v) is 9.08. The topological polar surface area (TPSA) is 76.5 Å². The minimum Gasteiger partial charge on any atom is -0.444 e. The van der Waals surface area contributed by atoms with E-state index in [0.717, 1.165) is 36.9 Å². The molecule has 2 heterocycles. The second-order valence-electron chi connectivity index (χ2n) is 8.00. The van der Waals surface area contributed by atoms with Crippen molar-refractivity contribution in [1.82, 2.24) is 20.0 Å². The molecule has 2 aliphatic rings. The van der Waals surface area contributed by atoms with Gasteiger partial charge in [0, 0.05) is 37.3 Å². The summed E-state index contributed by atoms with van der Waals surface area (Å²) in [5.74, 6) is -0.130. The number of ether oxygens (including phenoxy) is 1. The SMILES string of the molecule is Cn1nc(C(=O)NC2CCCC2)c2c1CCN(C(=O)OC(C)(C)C)C2. The number of rotatable bonds is 2. The third kappa shape index (κ3) is 3.96.